The Labute approximate surface area is 133 Å². The van der Waals surface area contributed by atoms with Crippen LogP contribution in [0.5, 0.6) is 5.75 Å². The third-order valence-electron chi connectivity index (χ3n) is 3.65. The standard InChI is InChI=1S/C16H19BrN2O2/c1-5-13-6-7-15(14(17)8-13)21-9-16(20)19-12(4)10(2)11(3)18-19/h6-8H,5,9H2,1-4H3. The molecular weight excluding hydrogens is 332 g/mol. The molecule has 0 aliphatic heterocycles. The van der Waals surface area contributed by atoms with Crippen molar-refractivity contribution in [2.75, 3.05) is 6.61 Å². The van der Waals surface area contributed by atoms with Gasteiger partial charge in [0.15, 0.2) is 6.61 Å². The van der Waals surface area contributed by atoms with Gasteiger partial charge >= 0.3 is 0 Å². The highest BCUT2D eigenvalue weighted by Gasteiger charge is 2.15. The molecule has 0 aliphatic carbocycles. The third-order valence-corrected chi connectivity index (χ3v) is 4.26. The summed E-state index contributed by atoms with van der Waals surface area (Å²) in [5, 5.41) is 4.25. The summed E-state index contributed by atoms with van der Waals surface area (Å²) in [6.45, 7) is 7.80. The molecule has 0 spiro atoms. The Balaban J connectivity index is 2.09. The monoisotopic (exact) mass is 350 g/mol. The van der Waals surface area contributed by atoms with Gasteiger partial charge in [0.2, 0.25) is 0 Å². The molecule has 0 unspecified atom stereocenters. The molecule has 0 radical (unpaired) electrons. The van der Waals surface area contributed by atoms with Crippen molar-refractivity contribution in [3.8, 4) is 5.75 Å². The predicted octanol–water partition coefficient (Wildman–Crippen LogP) is 3.85. The summed E-state index contributed by atoms with van der Waals surface area (Å²) in [7, 11) is 0. The largest absolute Gasteiger partial charge is 0.483 e. The van der Waals surface area contributed by atoms with Gasteiger partial charge in [-0.2, -0.15) is 5.10 Å². The van der Waals surface area contributed by atoms with Crippen molar-refractivity contribution in [1.82, 2.24) is 9.78 Å². The number of hydrogen-bond donors (Lipinski definition) is 0. The van der Waals surface area contributed by atoms with Gasteiger partial charge in [-0.15, -0.1) is 0 Å². The SMILES string of the molecule is CCc1ccc(OCC(=O)n2nc(C)c(C)c2C)c(Br)c1. The lowest BCUT2D eigenvalue weighted by molar-refractivity contribution is 0.0817. The van der Waals surface area contributed by atoms with Crippen LogP contribution >= 0.6 is 15.9 Å². The van der Waals surface area contributed by atoms with Crippen molar-refractivity contribution in [1.29, 1.82) is 0 Å². The van der Waals surface area contributed by atoms with Crippen molar-refractivity contribution in [3.63, 3.8) is 0 Å². The number of ether oxygens (including phenoxy) is 1. The predicted molar refractivity (Wildman–Crippen MR) is 86.1 cm³/mol. The maximum atomic E-state index is 12.2. The number of carbonyl (C=O) groups excluding carboxylic acids is 1. The van der Waals surface area contributed by atoms with Gasteiger partial charge in [-0.25, -0.2) is 4.68 Å². The van der Waals surface area contributed by atoms with Crippen LogP contribution in [0.4, 0.5) is 0 Å². The van der Waals surface area contributed by atoms with E-state index in [2.05, 4.69) is 28.0 Å². The summed E-state index contributed by atoms with van der Waals surface area (Å²) in [4.78, 5) is 12.2. The molecule has 0 amide bonds. The molecule has 0 N–H and O–H groups in total. The van der Waals surface area contributed by atoms with Crippen LogP contribution in [0.1, 0.15) is 34.2 Å². The maximum absolute atomic E-state index is 12.2. The minimum atomic E-state index is -0.171. The number of rotatable bonds is 4. The Morgan fingerprint density at radius 1 is 1.33 bits per heavy atom. The van der Waals surface area contributed by atoms with Crippen molar-refractivity contribution >= 4 is 21.8 Å². The molecular formula is C16H19BrN2O2. The molecule has 2 aromatic rings. The molecule has 2 rings (SSSR count). The highest BCUT2D eigenvalue weighted by Crippen LogP contribution is 2.26. The summed E-state index contributed by atoms with van der Waals surface area (Å²) in [5.74, 6) is 0.494. The second-order valence-corrected chi connectivity index (χ2v) is 5.86. The molecule has 0 aliphatic rings. The minimum Gasteiger partial charge on any atom is -0.483 e. The lowest BCUT2D eigenvalue weighted by atomic mass is 10.2. The smallest absolute Gasteiger partial charge is 0.284 e. The van der Waals surface area contributed by atoms with Crippen LogP contribution in [0.15, 0.2) is 22.7 Å². The number of hydrogen-bond acceptors (Lipinski definition) is 3. The molecule has 4 nitrogen and oxygen atoms in total. The van der Waals surface area contributed by atoms with Crippen molar-refractivity contribution in [2.45, 2.75) is 34.1 Å². The Morgan fingerprint density at radius 3 is 2.57 bits per heavy atom. The molecule has 0 saturated heterocycles. The fraction of sp³-hybridized carbons (Fsp3) is 0.375. The molecule has 5 heteroatoms. The maximum Gasteiger partial charge on any atom is 0.284 e. The summed E-state index contributed by atoms with van der Waals surface area (Å²) in [6.07, 6.45) is 0.961. The first kappa shape index (κ1) is 15.8. The third kappa shape index (κ3) is 3.35. The second kappa shape index (κ2) is 6.43. The van der Waals surface area contributed by atoms with Gasteiger partial charge in [-0.1, -0.05) is 13.0 Å². The Hall–Kier alpha value is -1.62. The molecule has 0 bridgehead atoms. The normalized spacial score (nSPS) is 10.7. The van der Waals surface area contributed by atoms with Gasteiger partial charge < -0.3 is 4.74 Å². The van der Waals surface area contributed by atoms with Gasteiger partial charge in [0, 0.05) is 5.69 Å². The first-order valence-electron chi connectivity index (χ1n) is 6.91. The molecule has 0 fully saturated rings. The Morgan fingerprint density at radius 2 is 2.05 bits per heavy atom. The van der Waals surface area contributed by atoms with E-state index < -0.39 is 0 Å². The molecule has 1 aromatic heterocycles. The van der Waals surface area contributed by atoms with Crippen LogP contribution in [-0.4, -0.2) is 22.3 Å². The van der Waals surface area contributed by atoms with E-state index in [1.807, 2.05) is 39.0 Å². The summed E-state index contributed by atoms with van der Waals surface area (Å²) >= 11 is 3.47. The minimum absolute atomic E-state index is 0.0362. The van der Waals surface area contributed by atoms with E-state index in [4.69, 9.17) is 4.74 Å². The van der Waals surface area contributed by atoms with Gasteiger partial charge in [0.25, 0.3) is 5.91 Å². The van der Waals surface area contributed by atoms with E-state index in [0.717, 1.165) is 27.8 Å². The highest BCUT2D eigenvalue weighted by atomic mass is 79.9. The quantitative estimate of drug-likeness (QED) is 0.840. The molecule has 0 saturated carbocycles. The van der Waals surface area contributed by atoms with Gasteiger partial charge in [-0.3, -0.25) is 4.79 Å². The van der Waals surface area contributed by atoms with E-state index in [-0.39, 0.29) is 12.5 Å². The van der Waals surface area contributed by atoms with Crippen LogP contribution in [0, 0.1) is 20.8 Å². The first-order valence-corrected chi connectivity index (χ1v) is 7.70. The average Bonchev–Trinajstić information content (AvgIpc) is 2.73. The Bertz CT molecular complexity index is 677. The van der Waals surface area contributed by atoms with E-state index in [1.54, 1.807) is 0 Å². The number of nitrogens with zero attached hydrogens (tertiary/aromatic N) is 2. The van der Waals surface area contributed by atoms with Crippen LogP contribution in [-0.2, 0) is 6.42 Å². The lowest BCUT2D eigenvalue weighted by Crippen LogP contribution is -2.21. The van der Waals surface area contributed by atoms with E-state index >= 15 is 0 Å². The van der Waals surface area contributed by atoms with Crippen molar-refractivity contribution in [3.05, 3.63) is 45.2 Å². The van der Waals surface area contributed by atoms with Gasteiger partial charge in [-0.05, 0) is 66.4 Å². The summed E-state index contributed by atoms with van der Waals surface area (Å²) in [5.41, 5.74) is 3.99. The molecule has 1 heterocycles. The Kier molecular flexibility index (Phi) is 4.83. The summed E-state index contributed by atoms with van der Waals surface area (Å²) < 4.78 is 7.88. The van der Waals surface area contributed by atoms with Crippen molar-refractivity contribution in [2.24, 2.45) is 0 Å². The van der Waals surface area contributed by atoms with E-state index in [9.17, 15) is 4.79 Å². The van der Waals surface area contributed by atoms with Crippen LogP contribution < -0.4 is 4.74 Å². The van der Waals surface area contributed by atoms with Crippen LogP contribution in [0.25, 0.3) is 0 Å². The zero-order valence-corrected chi connectivity index (χ0v) is 14.3. The number of aromatic nitrogens is 2. The van der Waals surface area contributed by atoms with Gasteiger partial charge in [0.1, 0.15) is 5.75 Å². The van der Waals surface area contributed by atoms with E-state index in [1.165, 1.54) is 10.2 Å². The molecule has 21 heavy (non-hydrogen) atoms. The first-order chi connectivity index (χ1) is 9.93. The number of benzene rings is 1. The van der Waals surface area contributed by atoms with Crippen LogP contribution in [0.3, 0.4) is 0 Å². The highest BCUT2D eigenvalue weighted by molar-refractivity contribution is 9.10. The fourth-order valence-corrected chi connectivity index (χ4v) is 2.59. The molecule has 112 valence electrons. The lowest BCUT2D eigenvalue weighted by Gasteiger charge is -2.09. The summed E-state index contributed by atoms with van der Waals surface area (Å²) in [6, 6.07) is 5.88. The van der Waals surface area contributed by atoms with Crippen molar-refractivity contribution < 1.29 is 9.53 Å². The zero-order valence-electron chi connectivity index (χ0n) is 12.7. The number of aryl methyl sites for hydroxylation is 2. The fourth-order valence-electron chi connectivity index (χ4n) is 2.05. The number of halogens is 1. The zero-order chi connectivity index (χ0) is 15.6. The number of carbonyl (C=O) groups is 1. The molecule has 1 aromatic carbocycles. The van der Waals surface area contributed by atoms with Gasteiger partial charge in [0.05, 0.1) is 10.2 Å². The van der Waals surface area contributed by atoms with Crippen LogP contribution in [0.2, 0.25) is 0 Å². The van der Waals surface area contributed by atoms with E-state index in [0.29, 0.717) is 5.75 Å². The second-order valence-electron chi connectivity index (χ2n) is 5.01. The molecule has 0 atom stereocenters. The average molecular weight is 351 g/mol. The topological polar surface area (TPSA) is 44.1 Å².